The van der Waals surface area contributed by atoms with Crippen molar-refractivity contribution >= 4 is 17.7 Å². The summed E-state index contributed by atoms with van der Waals surface area (Å²) in [4.78, 5) is 12.8. The highest BCUT2D eigenvalue weighted by molar-refractivity contribution is 7.99. The minimum atomic E-state index is -0.220. The lowest BCUT2D eigenvalue weighted by Gasteiger charge is -2.07. The van der Waals surface area contributed by atoms with Crippen molar-refractivity contribution in [3.8, 4) is 5.75 Å². The van der Waals surface area contributed by atoms with E-state index < -0.39 is 0 Å². The molecular formula is C19H22FNO2S. The number of hydrogen-bond donors (Lipinski definition) is 1. The first-order chi connectivity index (χ1) is 11.7. The van der Waals surface area contributed by atoms with Gasteiger partial charge in [0.2, 0.25) is 5.91 Å². The van der Waals surface area contributed by atoms with Crippen molar-refractivity contribution in [2.24, 2.45) is 0 Å². The lowest BCUT2D eigenvalue weighted by Crippen LogP contribution is -2.24. The zero-order valence-corrected chi connectivity index (χ0v) is 14.4. The summed E-state index contributed by atoms with van der Waals surface area (Å²) in [5, 5.41) is 2.91. The molecule has 24 heavy (non-hydrogen) atoms. The Kier molecular flexibility index (Phi) is 8.18. The Balaban J connectivity index is 1.47. The highest BCUT2D eigenvalue weighted by Gasteiger charge is 2.01. The van der Waals surface area contributed by atoms with Crippen LogP contribution in [0.5, 0.6) is 5.75 Å². The van der Waals surface area contributed by atoms with Crippen LogP contribution in [0.2, 0.25) is 0 Å². The fourth-order valence-electron chi connectivity index (χ4n) is 2.05. The molecule has 2 aromatic carbocycles. The van der Waals surface area contributed by atoms with Crippen LogP contribution < -0.4 is 10.1 Å². The predicted molar refractivity (Wildman–Crippen MR) is 95.9 cm³/mol. The molecule has 0 aromatic heterocycles. The Labute approximate surface area is 146 Å². The number of thioether (sulfide) groups is 1. The van der Waals surface area contributed by atoms with Crippen molar-refractivity contribution in [1.29, 1.82) is 0 Å². The Morgan fingerprint density at radius 1 is 1.04 bits per heavy atom. The normalized spacial score (nSPS) is 10.4. The third-order valence-corrected chi connectivity index (χ3v) is 4.38. The highest BCUT2D eigenvalue weighted by atomic mass is 32.2. The summed E-state index contributed by atoms with van der Waals surface area (Å²) < 4.78 is 18.3. The van der Waals surface area contributed by atoms with Crippen LogP contribution in [-0.4, -0.2) is 24.8 Å². The summed E-state index contributed by atoms with van der Waals surface area (Å²) in [5.74, 6) is 1.56. The van der Waals surface area contributed by atoms with E-state index in [0.29, 0.717) is 26.0 Å². The number of hydrogen-bond acceptors (Lipinski definition) is 3. The van der Waals surface area contributed by atoms with Crippen LogP contribution in [-0.2, 0) is 4.79 Å². The molecule has 0 radical (unpaired) electrons. The molecule has 2 aromatic rings. The van der Waals surface area contributed by atoms with Crippen LogP contribution in [0.4, 0.5) is 4.39 Å². The third kappa shape index (κ3) is 7.51. The van der Waals surface area contributed by atoms with Crippen LogP contribution >= 0.6 is 11.8 Å². The molecule has 0 saturated carbocycles. The summed E-state index contributed by atoms with van der Waals surface area (Å²) in [7, 11) is 0. The number of nitrogens with one attached hydrogen (secondary N) is 1. The van der Waals surface area contributed by atoms with Gasteiger partial charge >= 0.3 is 0 Å². The van der Waals surface area contributed by atoms with Crippen LogP contribution in [0.15, 0.2) is 59.5 Å². The zero-order chi connectivity index (χ0) is 17.0. The van der Waals surface area contributed by atoms with Gasteiger partial charge in [0.25, 0.3) is 0 Å². The molecule has 0 atom stereocenters. The Hall–Kier alpha value is -2.01. The van der Waals surface area contributed by atoms with Gasteiger partial charge in [-0.25, -0.2) is 4.39 Å². The highest BCUT2D eigenvalue weighted by Crippen LogP contribution is 2.18. The number of benzene rings is 2. The van der Waals surface area contributed by atoms with E-state index in [2.05, 4.69) is 5.32 Å². The van der Waals surface area contributed by atoms with Gasteiger partial charge < -0.3 is 10.1 Å². The number of carbonyl (C=O) groups is 1. The van der Waals surface area contributed by atoms with Crippen molar-refractivity contribution in [2.45, 2.75) is 24.2 Å². The molecule has 0 unspecified atom stereocenters. The number of carbonyl (C=O) groups excluding carboxylic acids is 1. The first-order valence-electron chi connectivity index (χ1n) is 8.07. The van der Waals surface area contributed by atoms with E-state index in [1.165, 1.54) is 12.1 Å². The fourth-order valence-corrected chi connectivity index (χ4v) is 2.90. The van der Waals surface area contributed by atoms with Gasteiger partial charge in [0.05, 0.1) is 6.61 Å². The van der Waals surface area contributed by atoms with Gasteiger partial charge in [0, 0.05) is 17.9 Å². The molecule has 0 fully saturated rings. The van der Waals surface area contributed by atoms with Crippen LogP contribution in [0.3, 0.4) is 0 Å². The van der Waals surface area contributed by atoms with E-state index in [0.717, 1.165) is 22.8 Å². The maximum Gasteiger partial charge on any atom is 0.220 e. The van der Waals surface area contributed by atoms with Crippen molar-refractivity contribution in [1.82, 2.24) is 5.32 Å². The van der Waals surface area contributed by atoms with E-state index >= 15 is 0 Å². The minimum Gasteiger partial charge on any atom is -0.494 e. The summed E-state index contributed by atoms with van der Waals surface area (Å²) in [6.45, 7) is 1.20. The first-order valence-corrected chi connectivity index (χ1v) is 9.05. The molecule has 0 aliphatic rings. The van der Waals surface area contributed by atoms with Gasteiger partial charge in [0.1, 0.15) is 11.6 Å². The van der Waals surface area contributed by atoms with Gasteiger partial charge in [-0.05, 0) is 55.0 Å². The van der Waals surface area contributed by atoms with Gasteiger partial charge in [-0.2, -0.15) is 0 Å². The van der Waals surface area contributed by atoms with Gasteiger partial charge in [0.15, 0.2) is 0 Å². The molecule has 3 nitrogen and oxygen atoms in total. The van der Waals surface area contributed by atoms with Gasteiger partial charge in [-0.1, -0.05) is 18.2 Å². The standard InChI is InChI=1S/C19H22FNO2S/c20-16-9-11-18(12-10-16)24-15-5-13-21-19(22)8-4-14-23-17-6-2-1-3-7-17/h1-3,6-7,9-12H,4-5,8,13-15H2,(H,21,22). The molecule has 1 N–H and O–H groups in total. The largest absolute Gasteiger partial charge is 0.494 e. The van der Waals surface area contributed by atoms with Crippen molar-refractivity contribution in [3.05, 3.63) is 60.4 Å². The molecule has 0 spiro atoms. The Bertz CT molecular complexity index is 605. The second-order valence-corrected chi connectivity index (χ2v) is 6.44. The van der Waals surface area contributed by atoms with Crippen LogP contribution in [0, 0.1) is 5.82 Å². The molecule has 0 saturated heterocycles. The fraction of sp³-hybridized carbons (Fsp3) is 0.316. The van der Waals surface area contributed by atoms with Gasteiger partial charge in [-0.3, -0.25) is 4.79 Å². The topological polar surface area (TPSA) is 38.3 Å². The first kappa shape index (κ1) is 18.3. The summed E-state index contributed by atoms with van der Waals surface area (Å²) in [6.07, 6.45) is 2.05. The van der Waals surface area contributed by atoms with E-state index in [1.54, 1.807) is 23.9 Å². The van der Waals surface area contributed by atoms with E-state index in [9.17, 15) is 9.18 Å². The molecule has 128 valence electrons. The average Bonchev–Trinajstić information content (AvgIpc) is 2.61. The molecule has 0 aliphatic carbocycles. The minimum absolute atomic E-state index is 0.0541. The van der Waals surface area contributed by atoms with E-state index in [-0.39, 0.29) is 11.7 Å². The smallest absolute Gasteiger partial charge is 0.220 e. The quantitative estimate of drug-likeness (QED) is 0.515. The summed E-state index contributed by atoms with van der Waals surface area (Å²) in [5.41, 5.74) is 0. The van der Waals surface area contributed by atoms with Gasteiger partial charge in [-0.15, -0.1) is 11.8 Å². The second kappa shape index (κ2) is 10.7. The number of amides is 1. The number of halogens is 1. The molecule has 5 heteroatoms. The number of rotatable bonds is 10. The second-order valence-electron chi connectivity index (χ2n) is 5.27. The monoisotopic (exact) mass is 347 g/mol. The molecule has 2 rings (SSSR count). The number of ether oxygens (including phenoxy) is 1. The summed E-state index contributed by atoms with van der Waals surface area (Å²) in [6, 6.07) is 16.0. The van der Waals surface area contributed by atoms with Crippen molar-refractivity contribution in [3.63, 3.8) is 0 Å². The van der Waals surface area contributed by atoms with E-state index in [4.69, 9.17) is 4.74 Å². The van der Waals surface area contributed by atoms with Crippen LogP contribution in [0.1, 0.15) is 19.3 Å². The van der Waals surface area contributed by atoms with Crippen molar-refractivity contribution in [2.75, 3.05) is 18.9 Å². The molecule has 1 amide bonds. The SMILES string of the molecule is O=C(CCCOc1ccccc1)NCCCSc1ccc(F)cc1. The summed E-state index contributed by atoms with van der Waals surface area (Å²) >= 11 is 1.66. The molecule has 0 bridgehead atoms. The Morgan fingerprint density at radius 3 is 2.54 bits per heavy atom. The predicted octanol–water partition coefficient (Wildman–Crippen LogP) is 4.28. The molecule has 0 aliphatic heterocycles. The Morgan fingerprint density at radius 2 is 1.79 bits per heavy atom. The maximum absolute atomic E-state index is 12.8. The molecule has 0 heterocycles. The maximum atomic E-state index is 12.8. The molecular weight excluding hydrogens is 325 g/mol. The lowest BCUT2D eigenvalue weighted by atomic mass is 10.3. The zero-order valence-electron chi connectivity index (χ0n) is 13.5. The lowest BCUT2D eigenvalue weighted by molar-refractivity contribution is -0.121. The number of para-hydroxylation sites is 1. The van der Waals surface area contributed by atoms with Crippen LogP contribution in [0.25, 0.3) is 0 Å². The average molecular weight is 347 g/mol. The van der Waals surface area contributed by atoms with Crippen molar-refractivity contribution < 1.29 is 13.9 Å². The third-order valence-electron chi connectivity index (χ3n) is 3.29. The van der Waals surface area contributed by atoms with E-state index in [1.807, 2.05) is 30.3 Å².